The van der Waals surface area contributed by atoms with Crippen LogP contribution in [0.4, 0.5) is 11.5 Å². The Morgan fingerprint density at radius 2 is 1.93 bits per heavy atom. The molecule has 0 saturated heterocycles. The van der Waals surface area contributed by atoms with Crippen LogP contribution in [0.3, 0.4) is 0 Å². The van der Waals surface area contributed by atoms with Crippen LogP contribution in [0.15, 0.2) is 36.5 Å². The van der Waals surface area contributed by atoms with Crippen LogP contribution in [-0.4, -0.2) is 67.2 Å². The van der Waals surface area contributed by atoms with Crippen molar-refractivity contribution in [3.8, 4) is 22.2 Å². The largest absolute Gasteiger partial charge is 0.497 e. The second-order valence-corrected chi connectivity index (χ2v) is 12.1. The SMILES string of the molecule is CNC(=O)c1sc(-c2ccnc(NC(=O)CNCCNc3c4c(nc5ccc(OC)cc35)CCCC4)c2)nc1OCC1CC1. The Hall–Kier alpha value is -4.29. The van der Waals surface area contributed by atoms with Crippen LogP contribution in [0, 0.1) is 5.92 Å². The molecule has 1 saturated carbocycles. The van der Waals surface area contributed by atoms with Gasteiger partial charge in [-0.15, -0.1) is 11.3 Å². The second kappa shape index (κ2) is 13.6. The molecule has 230 valence electrons. The highest BCUT2D eigenvalue weighted by atomic mass is 32.1. The number of amides is 2. The van der Waals surface area contributed by atoms with E-state index in [2.05, 4.69) is 31.2 Å². The maximum absolute atomic E-state index is 12.7. The number of pyridine rings is 2. The van der Waals surface area contributed by atoms with Gasteiger partial charge in [-0.3, -0.25) is 14.6 Å². The molecule has 0 spiro atoms. The maximum Gasteiger partial charge on any atom is 0.266 e. The molecule has 0 aliphatic heterocycles. The normalized spacial score (nSPS) is 14.1. The lowest BCUT2D eigenvalue weighted by molar-refractivity contribution is -0.115. The summed E-state index contributed by atoms with van der Waals surface area (Å²) in [5, 5.41) is 14.0. The lowest BCUT2D eigenvalue weighted by Gasteiger charge is -2.22. The molecule has 1 fully saturated rings. The second-order valence-electron chi connectivity index (χ2n) is 11.1. The van der Waals surface area contributed by atoms with Crippen LogP contribution < -0.4 is 30.7 Å². The summed E-state index contributed by atoms with van der Waals surface area (Å²) in [6, 6.07) is 9.54. The van der Waals surface area contributed by atoms with Crippen molar-refractivity contribution in [3.05, 3.63) is 52.7 Å². The quantitative estimate of drug-likeness (QED) is 0.161. The molecular formula is C32H37N7O4S. The number of carbonyl (C=O) groups is 2. The third kappa shape index (κ3) is 6.92. The summed E-state index contributed by atoms with van der Waals surface area (Å²) in [7, 11) is 3.26. The standard InChI is InChI=1S/C32H37N7O4S/c1-33-30(41)29-31(43-18-19-7-8-19)39-32(44-29)20-11-12-35-26(15-20)38-27(40)17-34-13-14-36-28-22-5-3-4-6-24(22)37-25-10-9-21(42-2)16-23(25)28/h9-12,15-16,19,34H,3-8,13-14,17-18H2,1-2H3,(H,33,41)(H,36,37)(H,35,38,40). The molecule has 2 aliphatic carbocycles. The van der Waals surface area contributed by atoms with E-state index in [1.165, 1.54) is 22.6 Å². The first kappa shape index (κ1) is 29.8. The van der Waals surface area contributed by atoms with Crippen molar-refractivity contribution in [2.24, 2.45) is 5.92 Å². The number of fused-ring (bicyclic) bond motifs is 2. The lowest BCUT2D eigenvalue weighted by atomic mass is 9.92. The van der Waals surface area contributed by atoms with Gasteiger partial charge in [-0.25, -0.2) is 9.97 Å². The molecule has 1 aromatic carbocycles. The number of hydrogen-bond donors (Lipinski definition) is 4. The van der Waals surface area contributed by atoms with Crippen molar-refractivity contribution in [1.82, 2.24) is 25.6 Å². The molecule has 0 atom stereocenters. The fourth-order valence-electron chi connectivity index (χ4n) is 5.29. The first-order valence-electron chi connectivity index (χ1n) is 15.1. The summed E-state index contributed by atoms with van der Waals surface area (Å²) in [6.07, 6.45) is 8.21. The van der Waals surface area contributed by atoms with E-state index in [1.807, 2.05) is 18.2 Å². The summed E-state index contributed by atoms with van der Waals surface area (Å²) < 4.78 is 11.3. The zero-order valence-electron chi connectivity index (χ0n) is 25.0. The number of anilines is 2. The lowest BCUT2D eigenvalue weighted by Crippen LogP contribution is -2.31. The van der Waals surface area contributed by atoms with Gasteiger partial charge in [0.25, 0.3) is 5.91 Å². The first-order chi connectivity index (χ1) is 21.5. The number of ether oxygens (including phenoxy) is 2. The summed E-state index contributed by atoms with van der Waals surface area (Å²) in [4.78, 5) is 39.4. The molecule has 2 aliphatic rings. The minimum atomic E-state index is -0.237. The van der Waals surface area contributed by atoms with E-state index in [4.69, 9.17) is 14.5 Å². The van der Waals surface area contributed by atoms with Crippen molar-refractivity contribution in [2.45, 2.75) is 38.5 Å². The molecule has 6 rings (SSSR count). The van der Waals surface area contributed by atoms with Gasteiger partial charge in [0.2, 0.25) is 11.8 Å². The Bertz CT molecular complexity index is 1670. The summed E-state index contributed by atoms with van der Waals surface area (Å²) >= 11 is 1.25. The van der Waals surface area contributed by atoms with E-state index < -0.39 is 0 Å². The first-order valence-corrected chi connectivity index (χ1v) is 15.9. The Kier molecular flexibility index (Phi) is 9.17. The molecule has 3 heterocycles. The highest BCUT2D eigenvalue weighted by Crippen LogP contribution is 2.36. The van der Waals surface area contributed by atoms with E-state index in [1.54, 1.807) is 32.5 Å². The van der Waals surface area contributed by atoms with Crippen LogP contribution in [0.5, 0.6) is 11.6 Å². The van der Waals surface area contributed by atoms with Gasteiger partial charge in [0, 0.05) is 48.7 Å². The predicted octanol–water partition coefficient (Wildman–Crippen LogP) is 4.43. The van der Waals surface area contributed by atoms with Gasteiger partial charge in [0.05, 0.1) is 25.8 Å². The molecule has 44 heavy (non-hydrogen) atoms. The van der Waals surface area contributed by atoms with E-state index in [0.29, 0.717) is 47.2 Å². The van der Waals surface area contributed by atoms with Crippen LogP contribution in [0.1, 0.15) is 46.6 Å². The maximum atomic E-state index is 12.7. The Balaban J connectivity index is 1.05. The van der Waals surface area contributed by atoms with Crippen LogP contribution in [-0.2, 0) is 17.6 Å². The van der Waals surface area contributed by atoms with Crippen molar-refractivity contribution >= 4 is 45.6 Å². The smallest absolute Gasteiger partial charge is 0.266 e. The van der Waals surface area contributed by atoms with E-state index >= 15 is 0 Å². The van der Waals surface area contributed by atoms with E-state index in [9.17, 15) is 9.59 Å². The molecule has 3 aromatic heterocycles. The van der Waals surface area contributed by atoms with Gasteiger partial charge in [-0.1, -0.05) is 0 Å². The zero-order chi connectivity index (χ0) is 30.5. The molecule has 12 heteroatoms. The molecule has 4 aromatic rings. The van der Waals surface area contributed by atoms with Gasteiger partial charge in [-0.2, -0.15) is 0 Å². The highest BCUT2D eigenvalue weighted by Gasteiger charge is 2.25. The summed E-state index contributed by atoms with van der Waals surface area (Å²) in [6.45, 7) is 1.93. The summed E-state index contributed by atoms with van der Waals surface area (Å²) in [5.41, 5.74) is 5.26. The molecule has 4 N–H and O–H groups in total. The Labute approximate surface area is 260 Å². The van der Waals surface area contributed by atoms with Crippen molar-refractivity contribution in [1.29, 1.82) is 0 Å². The fourth-order valence-corrected chi connectivity index (χ4v) is 6.25. The molecule has 2 amide bonds. The molecule has 0 radical (unpaired) electrons. The summed E-state index contributed by atoms with van der Waals surface area (Å²) in [5.74, 6) is 1.65. The molecule has 0 bridgehead atoms. The number of nitrogens with one attached hydrogen (secondary N) is 4. The van der Waals surface area contributed by atoms with Gasteiger partial charge in [0.1, 0.15) is 16.6 Å². The Morgan fingerprint density at radius 3 is 2.75 bits per heavy atom. The van der Waals surface area contributed by atoms with Gasteiger partial charge in [0.15, 0.2) is 4.88 Å². The monoisotopic (exact) mass is 615 g/mol. The fraction of sp³-hybridized carbons (Fsp3) is 0.406. The third-order valence-electron chi connectivity index (χ3n) is 7.81. The minimum absolute atomic E-state index is 0.133. The van der Waals surface area contributed by atoms with Gasteiger partial charge >= 0.3 is 0 Å². The number of rotatable bonds is 13. The topological polar surface area (TPSA) is 139 Å². The number of methoxy groups -OCH3 is 1. The van der Waals surface area contributed by atoms with E-state index in [-0.39, 0.29) is 18.4 Å². The van der Waals surface area contributed by atoms with Crippen molar-refractivity contribution in [2.75, 3.05) is 51.0 Å². The zero-order valence-corrected chi connectivity index (χ0v) is 25.8. The molecule has 0 unspecified atom stereocenters. The van der Waals surface area contributed by atoms with E-state index in [0.717, 1.165) is 66.4 Å². The number of hydrogen-bond acceptors (Lipinski definition) is 10. The number of nitrogens with zero attached hydrogens (tertiary/aromatic N) is 3. The number of carbonyl (C=O) groups excluding carboxylic acids is 2. The van der Waals surface area contributed by atoms with Crippen LogP contribution >= 0.6 is 11.3 Å². The minimum Gasteiger partial charge on any atom is -0.497 e. The van der Waals surface area contributed by atoms with Crippen LogP contribution in [0.2, 0.25) is 0 Å². The molecule has 11 nitrogen and oxygen atoms in total. The van der Waals surface area contributed by atoms with Gasteiger partial charge in [-0.05, 0) is 80.3 Å². The number of thiazole rings is 1. The van der Waals surface area contributed by atoms with Crippen molar-refractivity contribution in [3.63, 3.8) is 0 Å². The van der Waals surface area contributed by atoms with Crippen molar-refractivity contribution < 1.29 is 19.1 Å². The van der Waals surface area contributed by atoms with Crippen LogP contribution in [0.25, 0.3) is 21.5 Å². The molecular weight excluding hydrogens is 578 g/mol. The number of aromatic nitrogens is 3. The number of aryl methyl sites for hydroxylation is 1. The van der Waals surface area contributed by atoms with Gasteiger partial charge < -0.3 is 30.7 Å². The predicted molar refractivity (Wildman–Crippen MR) is 172 cm³/mol. The Morgan fingerprint density at radius 1 is 1.07 bits per heavy atom. The number of benzene rings is 1. The average molecular weight is 616 g/mol. The third-order valence-corrected chi connectivity index (χ3v) is 8.90. The average Bonchev–Trinajstić information content (AvgIpc) is 3.79. The highest BCUT2D eigenvalue weighted by molar-refractivity contribution is 7.17.